The molecule has 0 heterocycles. The fourth-order valence-corrected chi connectivity index (χ4v) is 2.25. The molecule has 0 saturated carbocycles. The maximum atomic E-state index is 12.6. The monoisotopic (exact) mass is 292 g/mol. The lowest BCUT2D eigenvalue weighted by molar-refractivity contribution is -0.201. The van der Waals surface area contributed by atoms with Crippen LogP contribution in [-0.2, 0) is 15.0 Å². The Kier molecular flexibility index (Phi) is 4.77. The SMILES string of the molecule is CC(C)N(C)S(=O)(=O)NC(C)(C(=O)O)C(F)(F)F. The van der Waals surface area contributed by atoms with Gasteiger partial charge in [-0.2, -0.15) is 30.6 Å². The number of carboxylic acids is 1. The second-order valence-electron chi connectivity index (χ2n) is 4.14. The molecule has 0 aromatic carbocycles. The van der Waals surface area contributed by atoms with Crippen LogP contribution in [0.1, 0.15) is 20.8 Å². The molecule has 0 aliphatic carbocycles. The second-order valence-corrected chi connectivity index (χ2v) is 5.88. The third kappa shape index (κ3) is 3.33. The molecule has 0 aliphatic heterocycles. The lowest BCUT2D eigenvalue weighted by Gasteiger charge is -2.31. The van der Waals surface area contributed by atoms with Gasteiger partial charge in [-0.3, -0.25) is 0 Å². The first kappa shape index (κ1) is 17.1. The second kappa shape index (κ2) is 5.02. The van der Waals surface area contributed by atoms with Gasteiger partial charge in [0.25, 0.3) is 10.2 Å². The Labute approximate surface area is 103 Å². The van der Waals surface area contributed by atoms with Crippen molar-refractivity contribution >= 4 is 16.2 Å². The Morgan fingerprint density at radius 3 is 1.94 bits per heavy atom. The summed E-state index contributed by atoms with van der Waals surface area (Å²) in [5.41, 5.74) is -3.57. The van der Waals surface area contributed by atoms with E-state index in [1.165, 1.54) is 13.8 Å². The molecule has 1 atom stereocenters. The van der Waals surface area contributed by atoms with Crippen LogP contribution in [0.4, 0.5) is 13.2 Å². The van der Waals surface area contributed by atoms with E-state index in [1.807, 2.05) is 0 Å². The van der Waals surface area contributed by atoms with Crippen LogP contribution >= 0.6 is 0 Å². The fraction of sp³-hybridized carbons (Fsp3) is 0.875. The smallest absolute Gasteiger partial charge is 0.418 e. The topological polar surface area (TPSA) is 86.7 Å². The summed E-state index contributed by atoms with van der Waals surface area (Å²) in [5.74, 6) is -2.32. The van der Waals surface area contributed by atoms with Crippen LogP contribution < -0.4 is 4.72 Å². The molecule has 108 valence electrons. The van der Waals surface area contributed by atoms with Crippen molar-refractivity contribution in [3.05, 3.63) is 0 Å². The minimum absolute atomic E-state index is 0.251. The zero-order valence-electron chi connectivity index (χ0n) is 10.2. The lowest BCUT2D eigenvalue weighted by Crippen LogP contribution is -2.64. The van der Waals surface area contributed by atoms with E-state index in [1.54, 1.807) is 0 Å². The van der Waals surface area contributed by atoms with Gasteiger partial charge in [-0.25, -0.2) is 4.79 Å². The zero-order valence-corrected chi connectivity index (χ0v) is 11.1. The maximum Gasteiger partial charge on any atom is 0.418 e. The van der Waals surface area contributed by atoms with Crippen LogP contribution in [0.2, 0.25) is 0 Å². The summed E-state index contributed by atoms with van der Waals surface area (Å²) in [6, 6.07) is -0.617. The first-order valence-corrected chi connectivity index (χ1v) is 6.26. The highest BCUT2D eigenvalue weighted by Gasteiger charge is 2.59. The molecular formula is C8H15F3N2O4S. The molecule has 0 spiro atoms. The third-order valence-electron chi connectivity index (χ3n) is 2.43. The minimum Gasteiger partial charge on any atom is -0.480 e. The number of rotatable bonds is 5. The van der Waals surface area contributed by atoms with Crippen molar-refractivity contribution in [1.82, 2.24) is 9.03 Å². The minimum atomic E-state index is -5.26. The predicted octanol–water partition coefficient (Wildman–Crippen LogP) is 0.567. The summed E-state index contributed by atoms with van der Waals surface area (Å²) < 4.78 is 62.8. The molecule has 0 aromatic rings. The summed E-state index contributed by atoms with van der Waals surface area (Å²) in [6.07, 6.45) is -5.26. The Bertz CT molecular complexity index is 421. The maximum absolute atomic E-state index is 12.6. The molecule has 2 N–H and O–H groups in total. The van der Waals surface area contributed by atoms with E-state index in [4.69, 9.17) is 5.11 Å². The van der Waals surface area contributed by atoms with Crippen molar-refractivity contribution in [3.63, 3.8) is 0 Å². The van der Waals surface area contributed by atoms with Crippen LogP contribution in [-0.4, -0.2) is 48.6 Å². The molecule has 0 radical (unpaired) electrons. The van der Waals surface area contributed by atoms with Crippen LogP contribution in [0.5, 0.6) is 0 Å². The number of nitrogens with zero attached hydrogens (tertiary/aromatic N) is 1. The van der Waals surface area contributed by atoms with Crippen molar-refractivity contribution in [2.45, 2.75) is 38.5 Å². The van der Waals surface area contributed by atoms with Gasteiger partial charge < -0.3 is 5.11 Å². The van der Waals surface area contributed by atoms with Gasteiger partial charge in [0.15, 0.2) is 0 Å². The summed E-state index contributed by atoms with van der Waals surface area (Å²) in [7, 11) is -3.52. The molecule has 0 saturated heterocycles. The van der Waals surface area contributed by atoms with Crippen LogP contribution in [0, 0.1) is 0 Å². The summed E-state index contributed by atoms with van der Waals surface area (Å²) in [6.45, 7) is 3.12. The third-order valence-corrected chi connectivity index (χ3v) is 4.28. The molecule has 10 heteroatoms. The van der Waals surface area contributed by atoms with E-state index in [0.717, 1.165) is 11.8 Å². The average Bonchev–Trinajstić information content (AvgIpc) is 2.13. The first-order chi connectivity index (χ1) is 7.75. The number of aliphatic carboxylic acids is 1. The van der Waals surface area contributed by atoms with Crippen molar-refractivity contribution in [2.75, 3.05) is 7.05 Å². The summed E-state index contributed by atoms with van der Waals surface area (Å²) in [4.78, 5) is 10.7. The summed E-state index contributed by atoms with van der Waals surface area (Å²) in [5, 5.41) is 8.59. The predicted molar refractivity (Wildman–Crippen MR) is 57.1 cm³/mol. The number of carbonyl (C=O) groups is 1. The molecule has 0 aromatic heterocycles. The normalized spacial score (nSPS) is 16.9. The van der Waals surface area contributed by atoms with Crippen molar-refractivity contribution in [1.29, 1.82) is 0 Å². The number of nitrogens with one attached hydrogen (secondary N) is 1. The van der Waals surface area contributed by atoms with E-state index in [-0.39, 0.29) is 6.92 Å². The molecule has 1 unspecified atom stereocenters. The van der Waals surface area contributed by atoms with Crippen molar-refractivity contribution < 1.29 is 31.5 Å². The first-order valence-electron chi connectivity index (χ1n) is 4.82. The number of hydrogen-bond donors (Lipinski definition) is 2. The standard InChI is InChI=1S/C8H15F3N2O4S/c1-5(2)13(4)18(16,17)12-7(3,6(14)15)8(9,10)11/h5,12H,1-4H3,(H,14,15). The number of carboxylic acid groups (broad SMARTS) is 1. The highest BCUT2D eigenvalue weighted by molar-refractivity contribution is 7.87. The van der Waals surface area contributed by atoms with E-state index in [9.17, 15) is 26.4 Å². The number of hydrogen-bond acceptors (Lipinski definition) is 3. The molecule has 0 fully saturated rings. The summed E-state index contributed by atoms with van der Waals surface area (Å²) >= 11 is 0. The van der Waals surface area contributed by atoms with Gasteiger partial charge in [-0.1, -0.05) is 0 Å². The number of halogens is 3. The molecule has 18 heavy (non-hydrogen) atoms. The molecule has 0 bridgehead atoms. The van der Waals surface area contributed by atoms with Gasteiger partial charge >= 0.3 is 12.1 Å². The highest BCUT2D eigenvalue weighted by Crippen LogP contribution is 2.31. The van der Waals surface area contributed by atoms with Gasteiger partial charge in [-0.05, 0) is 20.8 Å². The van der Waals surface area contributed by atoms with Crippen LogP contribution in [0.15, 0.2) is 0 Å². The molecule has 6 nitrogen and oxygen atoms in total. The highest BCUT2D eigenvalue weighted by atomic mass is 32.2. The molecule has 0 aliphatic rings. The van der Waals surface area contributed by atoms with Gasteiger partial charge in [0, 0.05) is 13.1 Å². The van der Waals surface area contributed by atoms with Crippen molar-refractivity contribution in [2.24, 2.45) is 0 Å². The van der Waals surface area contributed by atoms with Crippen LogP contribution in [0.25, 0.3) is 0 Å². The largest absolute Gasteiger partial charge is 0.480 e. The fourth-order valence-electron chi connectivity index (χ4n) is 0.830. The lowest BCUT2D eigenvalue weighted by atomic mass is 10.0. The van der Waals surface area contributed by atoms with Crippen molar-refractivity contribution in [3.8, 4) is 0 Å². The Morgan fingerprint density at radius 1 is 1.33 bits per heavy atom. The van der Waals surface area contributed by atoms with Gasteiger partial charge in [0.2, 0.25) is 5.54 Å². The van der Waals surface area contributed by atoms with Crippen LogP contribution in [0.3, 0.4) is 0 Å². The van der Waals surface area contributed by atoms with E-state index in [2.05, 4.69) is 0 Å². The van der Waals surface area contributed by atoms with E-state index < -0.39 is 33.9 Å². The zero-order chi connectivity index (χ0) is 14.9. The van der Waals surface area contributed by atoms with Gasteiger partial charge in [0.05, 0.1) is 0 Å². The Hall–Kier alpha value is -0.870. The average molecular weight is 292 g/mol. The molecule has 0 rings (SSSR count). The van der Waals surface area contributed by atoms with E-state index >= 15 is 0 Å². The molecular weight excluding hydrogens is 277 g/mol. The Morgan fingerprint density at radius 2 is 1.72 bits per heavy atom. The quantitative estimate of drug-likeness (QED) is 0.775. The molecule has 0 amide bonds. The van der Waals surface area contributed by atoms with Gasteiger partial charge in [-0.15, -0.1) is 0 Å². The number of alkyl halides is 3. The van der Waals surface area contributed by atoms with Gasteiger partial charge in [0.1, 0.15) is 0 Å². The van der Waals surface area contributed by atoms with E-state index in [0.29, 0.717) is 4.31 Å². The Balaban J connectivity index is 5.47.